The maximum atomic E-state index is 10.9. The molecule has 0 aliphatic carbocycles. The van der Waals surface area contributed by atoms with Crippen LogP contribution in [0.1, 0.15) is 0 Å². The zero-order valence-corrected chi connectivity index (χ0v) is 10.1. The number of aliphatic hydroxyl groups excluding tert-OH is 1. The van der Waals surface area contributed by atoms with Crippen molar-refractivity contribution < 1.29 is 44.0 Å². The third-order valence-electron chi connectivity index (χ3n) is 1.56. The number of aliphatic carboxylic acids is 2. The molecule has 0 aliphatic rings. The fourth-order valence-electron chi connectivity index (χ4n) is 0.780. The molecule has 0 saturated carbocycles. The van der Waals surface area contributed by atoms with Gasteiger partial charge in [0.2, 0.25) is 0 Å². The minimum Gasteiger partial charge on any atom is -0.478 e. The van der Waals surface area contributed by atoms with Crippen LogP contribution in [0.5, 0.6) is 0 Å². The lowest BCUT2D eigenvalue weighted by atomic mass is 10.4. The van der Waals surface area contributed by atoms with Gasteiger partial charge in [0.1, 0.15) is 19.3 Å². The first-order valence-corrected chi connectivity index (χ1v) is 5.15. The van der Waals surface area contributed by atoms with E-state index < -0.39 is 43.2 Å². The number of carbonyl (C=O) groups excluding carboxylic acids is 2. The first kappa shape index (κ1) is 17.3. The Kier molecular flexibility index (Phi) is 8.03. The molecule has 0 saturated heterocycles. The zero-order valence-electron chi connectivity index (χ0n) is 10.1. The summed E-state index contributed by atoms with van der Waals surface area (Å²) in [4.78, 5) is 42.0. The van der Waals surface area contributed by atoms with Crippen molar-refractivity contribution in [3.05, 3.63) is 24.3 Å². The van der Waals surface area contributed by atoms with Crippen LogP contribution in [-0.2, 0) is 28.7 Å². The number of carbonyl (C=O) groups is 4. The summed E-state index contributed by atoms with van der Waals surface area (Å²) in [6.45, 7) is -1.03. The van der Waals surface area contributed by atoms with E-state index in [1.54, 1.807) is 0 Å². The van der Waals surface area contributed by atoms with Crippen molar-refractivity contribution >= 4 is 23.9 Å². The highest BCUT2D eigenvalue weighted by atomic mass is 16.6. The fraction of sp³-hybridized carbons (Fsp3) is 0.273. The summed E-state index contributed by atoms with van der Waals surface area (Å²) in [5, 5.41) is 25.7. The van der Waals surface area contributed by atoms with Crippen molar-refractivity contribution in [3.63, 3.8) is 0 Å². The molecule has 0 fully saturated rings. The maximum Gasteiger partial charge on any atom is 0.331 e. The number of aliphatic hydroxyl groups is 1. The van der Waals surface area contributed by atoms with Crippen LogP contribution < -0.4 is 0 Å². The summed E-state index contributed by atoms with van der Waals surface area (Å²) < 4.78 is 8.88. The van der Waals surface area contributed by atoms with Crippen LogP contribution in [0.2, 0.25) is 0 Å². The van der Waals surface area contributed by atoms with Crippen LogP contribution >= 0.6 is 0 Å². The Morgan fingerprint density at radius 1 is 0.800 bits per heavy atom. The molecule has 0 amide bonds. The van der Waals surface area contributed by atoms with Gasteiger partial charge in [-0.2, -0.15) is 0 Å². The van der Waals surface area contributed by atoms with E-state index in [-0.39, 0.29) is 0 Å². The van der Waals surface area contributed by atoms with E-state index >= 15 is 0 Å². The Bertz CT molecular complexity index is 395. The molecule has 9 heteroatoms. The third kappa shape index (κ3) is 10.5. The summed E-state index contributed by atoms with van der Waals surface area (Å²) in [7, 11) is 0. The van der Waals surface area contributed by atoms with E-state index in [2.05, 4.69) is 9.47 Å². The van der Waals surface area contributed by atoms with E-state index in [9.17, 15) is 24.3 Å². The third-order valence-corrected chi connectivity index (χ3v) is 1.56. The molecular formula is C11H12O9. The summed E-state index contributed by atoms with van der Waals surface area (Å²) in [6.07, 6.45) is 1.10. The largest absolute Gasteiger partial charge is 0.478 e. The highest BCUT2D eigenvalue weighted by molar-refractivity contribution is 5.91. The molecule has 0 aromatic rings. The molecule has 0 aromatic carbocycles. The van der Waals surface area contributed by atoms with Gasteiger partial charge in [0.15, 0.2) is 0 Å². The lowest BCUT2D eigenvalue weighted by Crippen LogP contribution is -2.24. The lowest BCUT2D eigenvalue weighted by Gasteiger charge is -2.09. The zero-order chi connectivity index (χ0) is 15.5. The van der Waals surface area contributed by atoms with E-state index in [0.29, 0.717) is 24.3 Å². The summed E-state index contributed by atoms with van der Waals surface area (Å²) in [5.41, 5.74) is 0. The molecule has 20 heavy (non-hydrogen) atoms. The lowest BCUT2D eigenvalue weighted by molar-refractivity contribution is -0.147. The first-order valence-electron chi connectivity index (χ1n) is 5.15. The van der Waals surface area contributed by atoms with Crippen molar-refractivity contribution in [2.24, 2.45) is 0 Å². The number of carboxylic acid groups (broad SMARTS) is 2. The molecular weight excluding hydrogens is 276 g/mol. The van der Waals surface area contributed by atoms with Crippen LogP contribution in [0, 0.1) is 0 Å². The average molecular weight is 288 g/mol. The van der Waals surface area contributed by atoms with Gasteiger partial charge in [-0.1, -0.05) is 0 Å². The second-order valence-electron chi connectivity index (χ2n) is 3.26. The van der Waals surface area contributed by atoms with E-state index in [4.69, 9.17) is 10.2 Å². The number of rotatable bonds is 8. The minimum absolute atomic E-state index is 0.515. The van der Waals surface area contributed by atoms with Crippen molar-refractivity contribution in [1.29, 1.82) is 0 Å². The van der Waals surface area contributed by atoms with E-state index in [1.165, 1.54) is 0 Å². The molecule has 0 heterocycles. The molecule has 0 rings (SSSR count). The summed E-state index contributed by atoms with van der Waals surface area (Å²) in [5.74, 6) is -4.63. The SMILES string of the molecule is O=C(O)C=CC(=O)OCC(O)COC(=O)C=CC(=O)O. The van der Waals surface area contributed by atoms with Crippen molar-refractivity contribution in [1.82, 2.24) is 0 Å². The number of carboxylic acids is 2. The van der Waals surface area contributed by atoms with E-state index in [1.807, 2.05) is 0 Å². The second-order valence-corrected chi connectivity index (χ2v) is 3.26. The van der Waals surface area contributed by atoms with Gasteiger partial charge in [-0.3, -0.25) is 0 Å². The molecule has 110 valence electrons. The van der Waals surface area contributed by atoms with Crippen LogP contribution in [0.15, 0.2) is 24.3 Å². The van der Waals surface area contributed by atoms with Gasteiger partial charge in [-0.15, -0.1) is 0 Å². The standard InChI is InChI=1S/C11H12O9/c12-7(5-19-10(17)3-1-8(13)14)6-20-11(18)4-2-9(15)16/h1-4,7,12H,5-6H2,(H,13,14)(H,15,16). The van der Waals surface area contributed by atoms with Crippen molar-refractivity contribution in [3.8, 4) is 0 Å². The highest BCUT2D eigenvalue weighted by Crippen LogP contribution is 1.92. The van der Waals surface area contributed by atoms with Gasteiger partial charge in [0, 0.05) is 24.3 Å². The maximum absolute atomic E-state index is 10.9. The number of esters is 2. The topological polar surface area (TPSA) is 147 Å². The summed E-state index contributed by atoms with van der Waals surface area (Å²) in [6, 6.07) is 0. The van der Waals surface area contributed by atoms with Crippen LogP contribution in [0.3, 0.4) is 0 Å². The molecule has 0 radical (unpaired) electrons. The summed E-state index contributed by atoms with van der Waals surface area (Å²) >= 11 is 0. The second kappa shape index (κ2) is 9.28. The molecule has 0 bridgehead atoms. The number of hydrogen-bond acceptors (Lipinski definition) is 7. The molecule has 0 atom stereocenters. The van der Waals surface area contributed by atoms with Gasteiger partial charge < -0.3 is 24.8 Å². The average Bonchev–Trinajstić information content (AvgIpc) is 2.37. The predicted molar refractivity (Wildman–Crippen MR) is 61.5 cm³/mol. The Morgan fingerprint density at radius 3 is 1.45 bits per heavy atom. The van der Waals surface area contributed by atoms with Gasteiger partial charge in [0.05, 0.1) is 0 Å². The van der Waals surface area contributed by atoms with Crippen LogP contribution in [0.4, 0.5) is 0 Å². The highest BCUT2D eigenvalue weighted by Gasteiger charge is 2.10. The minimum atomic E-state index is -1.33. The van der Waals surface area contributed by atoms with Gasteiger partial charge in [0.25, 0.3) is 0 Å². The first-order chi connectivity index (χ1) is 9.31. The Labute approximate surface area is 112 Å². The smallest absolute Gasteiger partial charge is 0.331 e. The molecule has 0 aromatic heterocycles. The van der Waals surface area contributed by atoms with Crippen LogP contribution in [0.25, 0.3) is 0 Å². The van der Waals surface area contributed by atoms with Crippen molar-refractivity contribution in [2.45, 2.75) is 6.10 Å². The van der Waals surface area contributed by atoms with E-state index in [0.717, 1.165) is 0 Å². The number of ether oxygens (including phenoxy) is 2. The Balaban J connectivity index is 3.92. The van der Waals surface area contributed by atoms with Gasteiger partial charge in [-0.25, -0.2) is 19.2 Å². The molecule has 0 unspecified atom stereocenters. The quantitative estimate of drug-likeness (QED) is 0.366. The monoisotopic (exact) mass is 288 g/mol. The normalized spacial score (nSPS) is 12.2. The van der Waals surface area contributed by atoms with Gasteiger partial charge in [-0.05, 0) is 0 Å². The Hall–Kier alpha value is -2.68. The Morgan fingerprint density at radius 2 is 1.15 bits per heavy atom. The van der Waals surface area contributed by atoms with Gasteiger partial charge >= 0.3 is 23.9 Å². The molecule has 9 nitrogen and oxygen atoms in total. The number of hydrogen-bond donors (Lipinski definition) is 3. The molecule has 0 aliphatic heterocycles. The van der Waals surface area contributed by atoms with Crippen molar-refractivity contribution in [2.75, 3.05) is 13.2 Å². The predicted octanol–water partition coefficient (Wildman–Crippen LogP) is -1.28. The van der Waals surface area contributed by atoms with Crippen LogP contribution in [-0.4, -0.2) is 58.5 Å². The molecule has 3 N–H and O–H groups in total. The molecule has 0 spiro atoms. The fourth-order valence-corrected chi connectivity index (χ4v) is 0.780.